The van der Waals surface area contributed by atoms with Gasteiger partial charge in [-0.05, 0) is 31.2 Å². The number of carbonyl (C=O) groups excluding carboxylic acids is 1. The molecule has 0 aliphatic heterocycles. The number of benzene rings is 1. The Balaban J connectivity index is 1.99. The molecule has 6 nitrogen and oxygen atoms in total. The van der Waals surface area contributed by atoms with Gasteiger partial charge in [0.2, 0.25) is 11.1 Å². The smallest absolute Gasteiger partial charge is 0.237 e. The lowest BCUT2D eigenvalue weighted by Gasteiger charge is -2.11. The van der Waals surface area contributed by atoms with Crippen LogP contribution in [0.3, 0.4) is 0 Å². The number of hydrogen-bond acceptors (Lipinski definition) is 5. The number of nitrogens with two attached hydrogens (primary N) is 1. The first-order valence-corrected chi connectivity index (χ1v) is 7.69. The molecule has 0 bridgehead atoms. The molecule has 8 heteroatoms. The quantitative estimate of drug-likeness (QED) is 0.651. The number of thioether (sulfide) groups is 1. The second-order valence-corrected chi connectivity index (χ2v) is 6.12. The minimum Gasteiger partial charge on any atom is -0.336 e. The van der Waals surface area contributed by atoms with Crippen LogP contribution < -0.4 is 11.2 Å². The highest BCUT2D eigenvalue weighted by Gasteiger charge is 2.19. The summed E-state index contributed by atoms with van der Waals surface area (Å²) in [7, 11) is 0. The summed E-state index contributed by atoms with van der Waals surface area (Å²) < 4.78 is 1.41. The molecule has 0 aliphatic carbocycles. The van der Waals surface area contributed by atoms with Crippen LogP contribution in [0.25, 0.3) is 0 Å². The van der Waals surface area contributed by atoms with Crippen molar-refractivity contribution < 1.29 is 4.79 Å². The van der Waals surface area contributed by atoms with E-state index < -0.39 is 0 Å². The summed E-state index contributed by atoms with van der Waals surface area (Å²) in [4.78, 5) is 12.1. The molecule has 112 valence electrons. The van der Waals surface area contributed by atoms with E-state index in [4.69, 9.17) is 17.4 Å². The average Bonchev–Trinajstić information content (AvgIpc) is 2.82. The maximum absolute atomic E-state index is 12.1. The highest BCUT2D eigenvalue weighted by molar-refractivity contribution is 8.00. The molecule has 1 aromatic carbocycles. The molecule has 0 fully saturated rings. The summed E-state index contributed by atoms with van der Waals surface area (Å²) in [5.74, 6) is 6.40. The molecule has 0 saturated carbocycles. The molecule has 3 N–H and O–H groups in total. The van der Waals surface area contributed by atoms with Gasteiger partial charge in [0, 0.05) is 17.1 Å². The average molecular weight is 326 g/mol. The third-order valence-electron chi connectivity index (χ3n) is 2.81. The fourth-order valence-corrected chi connectivity index (χ4v) is 2.53. The largest absolute Gasteiger partial charge is 0.336 e. The fraction of sp³-hybridized carbons (Fsp3) is 0.308. The van der Waals surface area contributed by atoms with E-state index in [9.17, 15) is 4.79 Å². The number of amides is 1. The van der Waals surface area contributed by atoms with Crippen molar-refractivity contribution in [1.82, 2.24) is 14.9 Å². The van der Waals surface area contributed by atoms with E-state index >= 15 is 0 Å². The van der Waals surface area contributed by atoms with Gasteiger partial charge in [-0.3, -0.25) is 4.79 Å². The Bertz CT molecular complexity index is 628. The minimum atomic E-state index is -0.350. The standard InChI is InChI=1S/C13H16ClN5OS/c1-3-11-17-18-13(19(11)15)21-8(2)12(20)16-10-6-4-9(14)5-7-10/h4-8H,3,15H2,1-2H3,(H,16,20)/t8-/m0/s1. The van der Waals surface area contributed by atoms with Crippen LogP contribution in [0.2, 0.25) is 5.02 Å². The Labute approximate surface area is 132 Å². The summed E-state index contributed by atoms with van der Waals surface area (Å²) in [6, 6.07) is 6.94. The Morgan fingerprint density at radius 1 is 1.43 bits per heavy atom. The Kier molecular flexibility index (Phi) is 5.08. The lowest BCUT2D eigenvalue weighted by Crippen LogP contribution is -2.23. The van der Waals surface area contributed by atoms with Crippen molar-refractivity contribution in [2.75, 3.05) is 11.2 Å². The van der Waals surface area contributed by atoms with Gasteiger partial charge < -0.3 is 11.2 Å². The van der Waals surface area contributed by atoms with E-state index in [1.807, 2.05) is 6.92 Å². The maximum Gasteiger partial charge on any atom is 0.237 e. The van der Waals surface area contributed by atoms with Crippen molar-refractivity contribution in [3.63, 3.8) is 0 Å². The van der Waals surface area contributed by atoms with E-state index in [-0.39, 0.29) is 11.2 Å². The number of rotatable bonds is 5. The lowest BCUT2D eigenvalue weighted by atomic mass is 10.3. The van der Waals surface area contributed by atoms with Crippen molar-refractivity contribution in [3.8, 4) is 0 Å². The van der Waals surface area contributed by atoms with E-state index in [2.05, 4.69) is 15.5 Å². The van der Waals surface area contributed by atoms with Gasteiger partial charge in [0.1, 0.15) is 0 Å². The SMILES string of the molecule is CCc1nnc(S[C@@H](C)C(=O)Nc2ccc(Cl)cc2)n1N. The lowest BCUT2D eigenvalue weighted by molar-refractivity contribution is -0.115. The molecule has 1 amide bonds. The van der Waals surface area contributed by atoms with Crippen LogP contribution in [0, 0.1) is 0 Å². The third-order valence-corrected chi connectivity index (χ3v) is 4.12. The van der Waals surface area contributed by atoms with Crippen LogP contribution in [0.15, 0.2) is 29.4 Å². The molecule has 0 aliphatic rings. The van der Waals surface area contributed by atoms with Crippen LogP contribution >= 0.6 is 23.4 Å². The van der Waals surface area contributed by atoms with Gasteiger partial charge in [-0.15, -0.1) is 10.2 Å². The number of halogens is 1. The van der Waals surface area contributed by atoms with E-state index in [0.717, 1.165) is 0 Å². The molecular weight excluding hydrogens is 310 g/mol. The number of nitrogens with one attached hydrogen (secondary N) is 1. The number of hydrogen-bond donors (Lipinski definition) is 2. The first-order chi connectivity index (χ1) is 10.0. The van der Waals surface area contributed by atoms with E-state index in [0.29, 0.717) is 28.1 Å². The third kappa shape index (κ3) is 3.89. The highest BCUT2D eigenvalue weighted by Crippen LogP contribution is 2.22. The summed E-state index contributed by atoms with van der Waals surface area (Å²) in [6.45, 7) is 3.73. The molecule has 0 spiro atoms. The Morgan fingerprint density at radius 3 is 2.67 bits per heavy atom. The minimum absolute atomic E-state index is 0.136. The summed E-state index contributed by atoms with van der Waals surface area (Å²) in [5.41, 5.74) is 0.695. The summed E-state index contributed by atoms with van der Waals surface area (Å²) in [5, 5.41) is 11.5. The molecule has 0 unspecified atom stereocenters. The molecule has 2 aromatic rings. The van der Waals surface area contributed by atoms with Crippen molar-refractivity contribution in [2.24, 2.45) is 0 Å². The van der Waals surface area contributed by atoms with Gasteiger partial charge in [0.05, 0.1) is 5.25 Å². The second-order valence-electron chi connectivity index (χ2n) is 4.38. The number of carbonyl (C=O) groups is 1. The van der Waals surface area contributed by atoms with E-state index in [1.54, 1.807) is 31.2 Å². The molecule has 2 rings (SSSR count). The van der Waals surface area contributed by atoms with E-state index in [1.165, 1.54) is 16.4 Å². The van der Waals surface area contributed by atoms with Crippen molar-refractivity contribution in [1.29, 1.82) is 0 Å². The predicted molar refractivity (Wildman–Crippen MR) is 85.0 cm³/mol. The molecule has 1 heterocycles. The van der Waals surface area contributed by atoms with Gasteiger partial charge in [-0.1, -0.05) is 30.3 Å². The van der Waals surface area contributed by atoms with Crippen LogP contribution in [-0.2, 0) is 11.2 Å². The normalized spacial score (nSPS) is 12.1. The van der Waals surface area contributed by atoms with Crippen molar-refractivity contribution in [2.45, 2.75) is 30.7 Å². The predicted octanol–water partition coefficient (Wildman–Crippen LogP) is 2.33. The molecule has 21 heavy (non-hydrogen) atoms. The molecular formula is C13H16ClN5OS. The van der Waals surface area contributed by atoms with Gasteiger partial charge in [0.15, 0.2) is 5.82 Å². The number of nitrogens with zero attached hydrogens (tertiary/aromatic N) is 3. The molecule has 1 aromatic heterocycles. The Hall–Kier alpha value is -1.73. The first kappa shape index (κ1) is 15.7. The summed E-state index contributed by atoms with van der Waals surface area (Å²) in [6.07, 6.45) is 0.690. The summed E-state index contributed by atoms with van der Waals surface area (Å²) >= 11 is 7.07. The topological polar surface area (TPSA) is 85.8 Å². The first-order valence-electron chi connectivity index (χ1n) is 6.43. The zero-order chi connectivity index (χ0) is 15.4. The number of aryl methyl sites for hydroxylation is 1. The number of nitrogen functional groups attached to an aromatic ring is 1. The fourth-order valence-electron chi connectivity index (χ4n) is 1.62. The van der Waals surface area contributed by atoms with Gasteiger partial charge in [-0.2, -0.15) is 0 Å². The Morgan fingerprint density at radius 2 is 2.10 bits per heavy atom. The molecule has 1 atom stereocenters. The van der Waals surface area contributed by atoms with Crippen LogP contribution in [0.5, 0.6) is 0 Å². The van der Waals surface area contributed by atoms with Crippen LogP contribution in [-0.4, -0.2) is 26.0 Å². The monoisotopic (exact) mass is 325 g/mol. The van der Waals surface area contributed by atoms with Crippen molar-refractivity contribution in [3.05, 3.63) is 35.1 Å². The molecule has 0 saturated heterocycles. The number of anilines is 1. The van der Waals surface area contributed by atoms with Gasteiger partial charge >= 0.3 is 0 Å². The molecule has 0 radical (unpaired) electrons. The number of aromatic nitrogens is 3. The van der Waals surface area contributed by atoms with Crippen LogP contribution in [0.1, 0.15) is 19.7 Å². The second kappa shape index (κ2) is 6.82. The van der Waals surface area contributed by atoms with Gasteiger partial charge in [0.25, 0.3) is 0 Å². The highest BCUT2D eigenvalue weighted by atomic mass is 35.5. The van der Waals surface area contributed by atoms with Crippen molar-refractivity contribution >= 4 is 35.0 Å². The maximum atomic E-state index is 12.1. The van der Waals surface area contributed by atoms with Crippen LogP contribution in [0.4, 0.5) is 5.69 Å². The van der Waals surface area contributed by atoms with Gasteiger partial charge in [-0.25, -0.2) is 4.68 Å². The zero-order valence-electron chi connectivity index (χ0n) is 11.7. The zero-order valence-corrected chi connectivity index (χ0v) is 13.3.